The standard InChI is InChI=1S/C18H20P/c1-5-18(19(2,3)4,16-12-8-6-9-13-16)17-14-10-7-11-15-17/h1,6-15H,2-4H3/q+1. The lowest BCUT2D eigenvalue weighted by molar-refractivity contribution is 0.946. The largest absolute Gasteiger partial charge is 0.187 e. The molecule has 96 valence electrons. The SMILES string of the molecule is C#CC(c1ccccc1)(c1ccccc1)[P+](C)(C)C. The van der Waals surface area contributed by atoms with Gasteiger partial charge < -0.3 is 0 Å². The Kier molecular flexibility index (Phi) is 3.79. The molecule has 19 heavy (non-hydrogen) atoms. The van der Waals surface area contributed by atoms with Crippen LogP contribution in [0, 0.1) is 12.3 Å². The first-order valence-electron chi connectivity index (χ1n) is 6.43. The van der Waals surface area contributed by atoms with Crippen LogP contribution in [-0.2, 0) is 5.16 Å². The molecule has 0 amide bonds. The van der Waals surface area contributed by atoms with Gasteiger partial charge in [0.15, 0.2) is 5.16 Å². The Morgan fingerprint density at radius 1 is 0.789 bits per heavy atom. The minimum Gasteiger partial charge on any atom is -0.115 e. The molecule has 0 radical (unpaired) electrons. The summed E-state index contributed by atoms with van der Waals surface area (Å²) in [5.74, 6) is 3.14. The first-order chi connectivity index (χ1) is 9.02. The fourth-order valence-electron chi connectivity index (χ4n) is 2.66. The van der Waals surface area contributed by atoms with E-state index in [9.17, 15) is 0 Å². The second kappa shape index (κ2) is 5.20. The van der Waals surface area contributed by atoms with E-state index < -0.39 is 7.26 Å². The number of rotatable bonds is 3. The molecule has 0 N–H and O–H groups in total. The van der Waals surface area contributed by atoms with Crippen molar-refractivity contribution in [1.82, 2.24) is 0 Å². The molecular formula is C18H20P+. The summed E-state index contributed by atoms with van der Waals surface area (Å²) in [5.41, 5.74) is 2.45. The molecule has 0 heterocycles. The van der Waals surface area contributed by atoms with Crippen LogP contribution in [0.15, 0.2) is 60.7 Å². The summed E-state index contributed by atoms with van der Waals surface area (Å²) in [4.78, 5) is 0. The summed E-state index contributed by atoms with van der Waals surface area (Å²) >= 11 is 0. The zero-order valence-electron chi connectivity index (χ0n) is 11.8. The van der Waals surface area contributed by atoms with Gasteiger partial charge in [0.25, 0.3) is 0 Å². The summed E-state index contributed by atoms with van der Waals surface area (Å²) in [6, 6.07) is 21.0. The minimum absolute atomic E-state index is 0.296. The lowest BCUT2D eigenvalue weighted by Crippen LogP contribution is -2.28. The molecule has 0 saturated heterocycles. The molecule has 2 aromatic carbocycles. The average molecular weight is 267 g/mol. The predicted molar refractivity (Wildman–Crippen MR) is 87.2 cm³/mol. The van der Waals surface area contributed by atoms with Gasteiger partial charge in [-0.05, 0) is 5.92 Å². The van der Waals surface area contributed by atoms with Crippen LogP contribution in [0.2, 0.25) is 0 Å². The molecular weight excluding hydrogens is 247 g/mol. The molecule has 0 aliphatic rings. The highest BCUT2D eigenvalue weighted by atomic mass is 31.2. The zero-order valence-corrected chi connectivity index (χ0v) is 12.7. The van der Waals surface area contributed by atoms with E-state index in [0.717, 1.165) is 0 Å². The van der Waals surface area contributed by atoms with E-state index in [0.29, 0.717) is 0 Å². The van der Waals surface area contributed by atoms with Crippen molar-refractivity contribution in [3.8, 4) is 12.3 Å². The van der Waals surface area contributed by atoms with Crippen LogP contribution < -0.4 is 0 Å². The minimum atomic E-state index is -1.34. The second-order valence-electron chi connectivity index (χ2n) is 5.60. The van der Waals surface area contributed by atoms with Crippen molar-refractivity contribution in [3.05, 3.63) is 71.8 Å². The topological polar surface area (TPSA) is 0 Å². The van der Waals surface area contributed by atoms with Gasteiger partial charge in [-0.25, -0.2) is 0 Å². The third-order valence-corrected chi connectivity index (χ3v) is 6.26. The summed E-state index contributed by atoms with van der Waals surface area (Å²) in [7, 11) is -1.34. The molecule has 2 aromatic rings. The van der Waals surface area contributed by atoms with E-state index in [1.807, 2.05) is 12.1 Å². The first kappa shape index (κ1) is 13.9. The van der Waals surface area contributed by atoms with Crippen LogP contribution in [0.5, 0.6) is 0 Å². The number of benzene rings is 2. The highest BCUT2D eigenvalue weighted by molar-refractivity contribution is 7.75. The highest BCUT2D eigenvalue weighted by Gasteiger charge is 2.49. The molecule has 0 spiro atoms. The number of terminal acetylenes is 1. The molecule has 0 atom stereocenters. The van der Waals surface area contributed by atoms with Gasteiger partial charge in [-0.1, -0.05) is 60.7 Å². The van der Waals surface area contributed by atoms with Crippen molar-refractivity contribution >= 4 is 7.26 Å². The van der Waals surface area contributed by atoms with Gasteiger partial charge in [-0.15, -0.1) is 6.42 Å². The van der Waals surface area contributed by atoms with E-state index in [4.69, 9.17) is 6.42 Å². The van der Waals surface area contributed by atoms with Gasteiger partial charge >= 0.3 is 0 Å². The lowest BCUT2D eigenvalue weighted by Gasteiger charge is -2.35. The summed E-state index contributed by atoms with van der Waals surface area (Å²) < 4.78 is 0. The van der Waals surface area contributed by atoms with Crippen molar-refractivity contribution in [2.75, 3.05) is 20.0 Å². The fraction of sp³-hybridized carbons (Fsp3) is 0.222. The van der Waals surface area contributed by atoms with Gasteiger partial charge in [0.05, 0.1) is 20.0 Å². The summed E-state index contributed by atoms with van der Waals surface area (Å²) in [5, 5.41) is -0.296. The summed E-state index contributed by atoms with van der Waals surface area (Å²) in [6.07, 6.45) is 6.04. The Morgan fingerprint density at radius 2 is 1.16 bits per heavy atom. The smallest absolute Gasteiger partial charge is 0.115 e. The Labute approximate surface area is 117 Å². The first-order valence-corrected chi connectivity index (χ1v) is 9.56. The van der Waals surface area contributed by atoms with E-state index in [-0.39, 0.29) is 5.16 Å². The van der Waals surface area contributed by atoms with Crippen molar-refractivity contribution in [3.63, 3.8) is 0 Å². The van der Waals surface area contributed by atoms with Gasteiger partial charge in [0, 0.05) is 18.4 Å². The molecule has 0 saturated carbocycles. The Morgan fingerprint density at radius 3 is 1.42 bits per heavy atom. The van der Waals surface area contributed by atoms with Crippen molar-refractivity contribution in [1.29, 1.82) is 0 Å². The monoisotopic (exact) mass is 267 g/mol. The Balaban J connectivity index is 2.75. The quantitative estimate of drug-likeness (QED) is 0.568. The van der Waals surface area contributed by atoms with E-state index >= 15 is 0 Å². The molecule has 0 fully saturated rings. The Hall–Kier alpha value is -1.57. The van der Waals surface area contributed by atoms with Gasteiger partial charge in [0.1, 0.15) is 0 Å². The van der Waals surface area contributed by atoms with E-state index in [1.54, 1.807) is 0 Å². The zero-order chi connectivity index (χ0) is 13.9. The van der Waals surface area contributed by atoms with Crippen LogP contribution in [-0.4, -0.2) is 20.0 Å². The van der Waals surface area contributed by atoms with Crippen LogP contribution in [0.25, 0.3) is 0 Å². The van der Waals surface area contributed by atoms with Crippen LogP contribution in [0.4, 0.5) is 0 Å². The molecule has 0 aromatic heterocycles. The van der Waals surface area contributed by atoms with Crippen LogP contribution in [0.3, 0.4) is 0 Å². The molecule has 2 rings (SSSR count). The molecule has 0 unspecified atom stereocenters. The molecule has 0 aliphatic carbocycles. The third-order valence-electron chi connectivity index (χ3n) is 3.60. The molecule has 0 nitrogen and oxygen atoms in total. The Bertz CT molecular complexity index is 531. The number of hydrogen-bond acceptors (Lipinski definition) is 0. The normalized spacial score (nSPS) is 11.9. The maximum absolute atomic E-state index is 6.04. The van der Waals surface area contributed by atoms with Crippen LogP contribution >= 0.6 is 7.26 Å². The number of hydrogen-bond donors (Lipinski definition) is 0. The van der Waals surface area contributed by atoms with Crippen molar-refractivity contribution < 1.29 is 0 Å². The average Bonchev–Trinajstić information content (AvgIpc) is 2.41. The van der Waals surface area contributed by atoms with Crippen molar-refractivity contribution in [2.24, 2.45) is 0 Å². The molecule has 0 aliphatic heterocycles. The fourth-order valence-corrected chi connectivity index (χ4v) is 4.89. The molecule has 1 heteroatoms. The predicted octanol–water partition coefficient (Wildman–Crippen LogP) is 4.47. The van der Waals surface area contributed by atoms with Crippen molar-refractivity contribution in [2.45, 2.75) is 5.16 Å². The van der Waals surface area contributed by atoms with Gasteiger partial charge in [0.2, 0.25) is 0 Å². The lowest BCUT2D eigenvalue weighted by atomic mass is 9.91. The van der Waals surface area contributed by atoms with E-state index in [1.165, 1.54) is 11.1 Å². The highest BCUT2D eigenvalue weighted by Crippen LogP contribution is 2.67. The third kappa shape index (κ3) is 2.32. The molecule has 0 bridgehead atoms. The second-order valence-corrected chi connectivity index (χ2v) is 10.3. The maximum atomic E-state index is 6.04. The van der Waals surface area contributed by atoms with Gasteiger partial charge in [-0.2, -0.15) is 0 Å². The maximum Gasteiger partial charge on any atom is 0.187 e. The van der Waals surface area contributed by atoms with Crippen LogP contribution in [0.1, 0.15) is 11.1 Å². The summed E-state index contributed by atoms with van der Waals surface area (Å²) in [6.45, 7) is 6.94. The van der Waals surface area contributed by atoms with E-state index in [2.05, 4.69) is 74.4 Å². The van der Waals surface area contributed by atoms with Gasteiger partial charge in [-0.3, -0.25) is 0 Å².